The smallest absolute Gasteiger partial charge is 0.346 e. The fourth-order valence-corrected chi connectivity index (χ4v) is 2.36. The van der Waals surface area contributed by atoms with Gasteiger partial charge in [0.1, 0.15) is 4.88 Å². The van der Waals surface area contributed by atoms with Gasteiger partial charge in [-0.15, -0.1) is 11.3 Å². The van der Waals surface area contributed by atoms with Crippen molar-refractivity contribution in [1.29, 1.82) is 0 Å². The van der Waals surface area contributed by atoms with Crippen LogP contribution in [0.4, 0.5) is 0 Å². The standard InChI is InChI=1S/C9H12O2S/c1-4-7-5(2)6(3)12-8(7)9(10)11/h4H2,1-3H3,(H,10,11). The normalized spacial score (nSPS) is 10.2. The van der Waals surface area contributed by atoms with Gasteiger partial charge >= 0.3 is 5.97 Å². The lowest BCUT2D eigenvalue weighted by Crippen LogP contribution is -1.97. The van der Waals surface area contributed by atoms with Gasteiger partial charge in [0.15, 0.2) is 0 Å². The number of rotatable bonds is 2. The van der Waals surface area contributed by atoms with Gasteiger partial charge in [-0.05, 0) is 31.4 Å². The third-order valence-electron chi connectivity index (χ3n) is 2.06. The van der Waals surface area contributed by atoms with Crippen LogP contribution in [0.25, 0.3) is 0 Å². The van der Waals surface area contributed by atoms with E-state index in [0.717, 1.165) is 22.4 Å². The molecule has 0 saturated carbocycles. The lowest BCUT2D eigenvalue weighted by atomic mass is 10.1. The third kappa shape index (κ3) is 1.37. The predicted octanol–water partition coefficient (Wildman–Crippen LogP) is 2.63. The van der Waals surface area contributed by atoms with Crippen molar-refractivity contribution >= 4 is 17.3 Å². The minimum Gasteiger partial charge on any atom is -0.477 e. The molecule has 1 aromatic rings. The van der Waals surface area contributed by atoms with Gasteiger partial charge in [0, 0.05) is 4.88 Å². The monoisotopic (exact) mass is 184 g/mol. The maximum Gasteiger partial charge on any atom is 0.346 e. The van der Waals surface area contributed by atoms with Gasteiger partial charge in [0.25, 0.3) is 0 Å². The van der Waals surface area contributed by atoms with Crippen molar-refractivity contribution < 1.29 is 9.90 Å². The summed E-state index contributed by atoms with van der Waals surface area (Å²) >= 11 is 1.37. The first kappa shape index (κ1) is 9.26. The van der Waals surface area contributed by atoms with Crippen molar-refractivity contribution in [3.05, 3.63) is 20.9 Å². The highest BCUT2D eigenvalue weighted by molar-refractivity contribution is 7.14. The van der Waals surface area contributed by atoms with E-state index in [9.17, 15) is 4.79 Å². The van der Waals surface area contributed by atoms with Gasteiger partial charge in [-0.2, -0.15) is 0 Å². The van der Waals surface area contributed by atoms with Crippen molar-refractivity contribution in [2.45, 2.75) is 27.2 Å². The van der Waals surface area contributed by atoms with E-state index in [2.05, 4.69) is 0 Å². The Morgan fingerprint density at radius 2 is 2.08 bits per heavy atom. The van der Waals surface area contributed by atoms with E-state index in [1.54, 1.807) is 0 Å². The van der Waals surface area contributed by atoms with E-state index in [0.29, 0.717) is 4.88 Å². The van der Waals surface area contributed by atoms with Crippen LogP contribution in [-0.4, -0.2) is 11.1 Å². The molecule has 0 aliphatic carbocycles. The van der Waals surface area contributed by atoms with Crippen molar-refractivity contribution in [2.24, 2.45) is 0 Å². The Morgan fingerprint density at radius 1 is 1.50 bits per heavy atom. The summed E-state index contributed by atoms with van der Waals surface area (Å²) in [4.78, 5) is 12.4. The topological polar surface area (TPSA) is 37.3 Å². The second-order valence-corrected chi connectivity index (χ2v) is 3.97. The highest BCUT2D eigenvalue weighted by atomic mass is 32.1. The summed E-state index contributed by atoms with van der Waals surface area (Å²) in [6.45, 7) is 5.93. The number of thiophene rings is 1. The van der Waals surface area contributed by atoms with Crippen molar-refractivity contribution in [3.8, 4) is 0 Å². The molecule has 12 heavy (non-hydrogen) atoms. The second kappa shape index (κ2) is 3.27. The van der Waals surface area contributed by atoms with Crippen molar-refractivity contribution in [3.63, 3.8) is 0 Å². The Balaban J connectivity index is 3.29. The number of aryl methyl sites for hydroxylation is 1. The van der Waals surface area contributed by atoms with Crippen LogP contribution in [-0.2, 0) is 6.42 Å². The molecule has 0 atom stereocenters. The molecule has 0 saturated heterocycles. The average Bonchev–Trinajstić information content (AvgIpc) is 2.29. The number of carboxylic acids is 1. The number of carboxylic acid groups (broad SMARTS) is 1. The number of hydrogen-bond donors (Lipinski definition) is 1. The van der Waals surface area contributed by atoms with E-state index >= 15 is 0 Å². The molecule has 0 bridgehead atoms. The lowest BCUT2D eigenvalue weighted by Gasteiger charge is -1.96. The summed E-state index contributed by atoms with van der Waals surface area (Å²) in [5.41, 5.74) is 2.13. The molecular weight excluding hydrogens is 172 g/mol. The van der Waals surface area contributed by atoms with Crippen molar-refractivity contribution in [1.82, 2.24) is 0 Å². The Kier molecular flexibility index (Phi) is 2.52. The minimum absolute atomic E-state index is 0.507. The maximum absolute atomic E-state index is 10.8. The van der Waals surface area contributed by atoms with E-state index in [1.165, 1.54) is 11.3 Å². The van der Waals surface area contributed by atoms with Gasteiger partial charge in [-0.25, -0.2) is 4.79 Å². The summed E-state index contributed by atoms with van der Waals surface area (Å²) in [5, 5.41) is 8.84. The van der Waals surface area contributed by atoms with Crippen LogP contribution in [0.5, 0.6) is 0 Å². The van der Waals surface area contributed by atoms with E-state index < -0.39 is 5.97 Å². The van der Waals surface area contributed by atoms with Crippen LogP contribution in [0, 0.1) is 13.8 Å². The van der Waals surface area contributed by atoms with Gasteiger partial charge < -0.3 is 5.11 Å². The van der Waals surface area contributed by atoms with Gasteiger partial charge in [0.2, 0.25) is 0 Å². The zero-order valence-corrected chi connectivity index (χ0v) is 8.29. The second-order valence-electron chi connectivity index (χ2n) is 2.75. The van der Waals surface area contributed by atoms with Crippen molar-refractivity contribution in [2.75, 3.05) is 0 Å². The molecule has 2 nitrogen and oxygen atoms in total. The lowest BCUT2D eigenvalue weighted by molar-refractivity contribution is 0.0701. The summed E-state index contributed by atoms with van der Waals surface area (Å²) in [6.07, 6.45) is 0.803. The first-order valence-corrected chi connectivity index (χ1v) is 4.71. The SMILES string of the molecule is CCc1c(C(=O)O)sc(C)c1C. The highest BCUT2D eigenvalue weighted by Crippen LogP contribution is 2.27. The quantitative estimate of drug-likeness (QED) is 0.767. The average molecular weight is 184 g/mol. The minimum atomic E-state index is -0.798. The molecule has 0 spiro atoms. The molecular formula is C9H12O2S. The van der Waals surface area contributed by atoms with Crippen LogP contribution in [0.2, 0.25) is 0 Å². The first-order valence-electron chi connectivity index (χ1n) is 3.90. The molecule has 0 aromatic carbocycles. The Labute approximate surface area is 75.9 Å². The molecule has 1 rings (SSSR count). The molecule has 0 radical (unpaired) electrons. The summed E-state index contributed by atoms with van der Waals surface area (Å²) in [7, 11) is 0. The van der Waals surface area contributed by atoms with Gasteiger partial charge in [-0.1, -0.05) is 6.92 Å². The summed E-state index contributed by atoms with van der Waals surface area (Å²) < 4.78 is 0. The predicted molar refractivity (Wildman–Crippen MR) is 50.1 cm³/mol. The number of carbonyl (C=O) groups is 1. The molecule has 0 aliphatic rings. The fraction of sp³-hybridized carbons (Fsp3) is 0.444. The molecule has 0 amide bonds. The van der Waals surface area contributed by atoms with E-state index in [4.69, 9.17) is 5.11 Å². The van der Waals surface area contributed by atoms with E-state index in [-0.39, 0.29) is 0 Å². The highest BCUT2D eigenvalue weighted by Gasteiger charge is 2.15. The summed E-state index contributed by atoms with van der Waals surface area (Å²) in [5.74, 6) is -0.798. The third-order valence-corrected chi connectivity index (χ3v) is 3.30. The maximum atomic E-state index is 10.8. The first-order chi connectivity index (χ1) is 5.57. The van der Waals surface area contributed by atoms with Gasteiger partial charge in [0.05, 0.1) is 0 Å². The number of hydrogen-bond acceptors (Lipinski definition) is 2. The fourth-order valence-electron chi connectivity index (χ4n) is 1.27. The molecule has 1 N–H and O–H groups in total. The number of aromatic carboxylic acids is 1. The van der Waals surface area contributed by atoms with Gasteiger partial charge in [-0.3, -0.25) is 0 Å². The van der Waals surface area contributed by atoms with Crippen LogP contribution in [0.1, 0.15) is 32.6 Å². The molecule has 1 aromatic heterocycles. The Morgan fingerprint density at radius 3 is 2.42 bits per heavy atom. The zero-order valence-electron chi connectivity index (χ0n) is 7.47. The molecule has 66 valence electrons. The van der Waals surface area contributed by atoms with Crippen LogP contribution in [0.3, 0.4) is 0 Å². The molecule has 0 fully saturated rings. The van der Waals surface area contributed by atoms with Crippen LogP contribution >= 0.6 is 11.3 Å². The Hall–Kier alpha value is -0.830. The largest absolute Gasteiger partial charge is 0.477 e. The zero-order chi connectivity index (χ0) is 9.30. The summed E-state index contributed by atoms with van der Waals surface area (Å²) in [6, 6.07) is 0. The molecule has 0 aliphatic heterocycles. The Bertz CT molecular complexity index is 313. The molecule has 0 unspecified atom stereocenters. The van der Waals surface area contributed by atoms with E-state index in [1.807, 2.05) is 20.8 Å². The molecule has 3 heteroatoms. The molecule has 1 heterocycles. The van der Waals surface area contributed by atoms with Crippen LogP contribution in [0.15, 0.2) is 0 Å². The van der Waals surface area contributed by atoms with Crippen LogP contribution < -0.4 is 0 Å².